The van der Waals surface area contributed by atoms with Gasteiger partial charge in [0.2, 0.25) is 5.91 Å². The van der Waals surface area contributed by atoms with Gasteiger partial charge in [-0.3, -0.25) is 4.79 Å². The van der Waals surface area contributed by atoms with Gasteiger partial charge < -0.3 is 10.6 Å². The molecule has 94 valence electrons. The molecule has 1 aromatic rings. The Bertz CT molecular complexity index is 388. The number of anilines is 1. The van der Waals surface area contributed by atoms with Gasteiger partial charge in [-0.25, -0.2) is 0 Å². The number of benzene rings is 1. The van der Waals surface area contributed by atoms with Gasteiger partial charge in [-0.05, 0) is 44.4 Å². The van der Waals surface area contributed by atoms with Crippen LogP contribution in [0, 0.1) is 13.8 Å². The zero-order chi connectivity index (χ0) is 12.8. The molecule has 1 aromatic carbocycles. The Kier molecular flexibility index (Phi) is 5.01. The fourth-order valence-corrected chi connectivity index (χ4v) is 1.61. The van der Waals surface area contributed by atoms with Crippen molar-refractivity contribution in [2.75, 3.05) is 11.9 Å². The molecule has 0 saturated heterocycles. The summed E-state index contributed by atoms with van der Waals surface area (Å²) < 4.78 is 0. The van der Waals surface area contributed by atoms with E-state index in [-0.39, 0.29) is 11.9 Å². The maximum atomic E-state index is 11.7. The molecule has 0 aliphatic carbocycles. The highest BCUT2D eigenvalue weighted by Crippen LogP contribution is 2.18. The maximum absolute atomic E-state index is 11.7. The Morgan fingerprint density at radius 1 is 1.35 bits per heavy atom. The second-order valence-electron chi connectivity index (χ2n) is 4.40. The second kappa shape index (κ2) is 6.28. The van der Waals surface area contributed by atoms with E-state index < -0.39 is 0 Å². The van der Waals surface area contributed by atoms with E-state index >= 15 is 0 Å². The van der Waals surface area contributed by atoms with Crippen molar-refractivity contribution in [3.05, 3.63) is 29.3 Å². The van der Waals surface area contributed by atoms with Gasteiger partial charge in [0.1, 0.15) is 6.04 Å². The molecular formula is C14H22N2O. The summed E-state index contributed by atoms with van der Waals surface area (Å²) in [6.07, 6.45) is 0.960. The minimum atomic E-state index is -0.206. The van der Waals surface area contributed by atoms with Crippen LogP contribution in [0.3, 0.4) is 0 Å². The highest BCUT2D eigenvalue weighted by atomic mass is 16.2. The van der Waals surface area contributed by atoms with Crippen LogP contribution in [-0.2, 0) is 4.79 Å². The number of aryl methyl sites for hydroxylation is 1. The SMILES string of the molecule is CCCNC(=O)[C@H](C)Nc1cccc(C)c1C. The molecule has 1 amide bonds. The normalized spacial score (nSPS) is 12.0. The van der Waals surface area contributed by atoms with Gasteiger partial charge in [0.15, 0.2) is 0 Å². The number of nitrogens with one attached hydrogen (secondary N) is 2. The summed E-state index contributed by atoms with van der Waals surface area (Å²) in [5.41, 5.74) is 3.46. The van der Waals surface area contributed by atoms with Crippen molar-refractivity contribution < 1.29 is 4.79 Å². The lowest BCUT2D eigenvalue weighted by atomic mass is 10.1. The van der Waals surface area contributed by atoms with Gasteiger partial charge in [0.05, 0.1) is 0 Å². The number of hydrogen-bond acceptors (Lipinski definition) is 2. The molecule has 1 atom stereocenters. The monoisotopic (exact) mass is 234 g/mol. The van der Waals surface area contributed by atoms with Gasteiger partial charge in [-0.15, -0.1) is 0 Å². The molecule has 1 rings (SSSR count). The van der Waals surface area contributed by atoms with Crippen molar-refractivity contribution in [1.29, 1.82) is 0 Å². The van der Waals surface area contributed by atoms with E-state index in [9.17, 15) is 4.79 Å². The smallest absolute Gasteiger partial charge is 0.242 e. The van der Waals surface area contributed by atoms with Crippen molar-refractivity contribution in [2.24, 2.45) is 0 Å². The number of hydrogen-bond donors (Lipinski definition) is 2. The van der Waals surface area contributed by atoms with E-state index in [1.807, 2.05) is 26.0 Å². The van der Waals surface area contributed by atoms with E-state index in [0.29, 0.717) is 0 Å². The van der Waals surface area contributed by atoms with Crippen molar-refractivity contribution in [3.8, 4) is 0 Å². The van der Waals surface area contributed by atoms with E-state index in [2.05, 4.69) is 30.5 Å². The number of rotatable bonds is 5. The van der Waals surface area contributed by atoms with E-state index in [4.69, 9.17) is 0 Å². The van der Waals surface area contributed by atoms with Gasteiger partial charge >= 0.3 is 0 Å². The number of carbonyl (C=O) groups is 1. The maximum Gasteiger partial charge on any atom is 0.242 e. The summed E-state index contributed by atoms with van der Waals surface area (Å²) in [5, 5.41) is 6.13. The van der Waals surface area contributed by atoms with Crippen molar-refractivity contribution in [1.82, 2.24) is 5.32 Å². The zero-order valence-electron chi connectivity index (χ0n) is 11.1. The fourth-order valence-electron chi connectivity index (χ4n) is 1.61. The first-order valence-electron chi connectivity index (χ1n) is 6.16. The van der Waals surface area contributed by atoms with Crippen LogP contribution in [0.25, 0.3) is 0 Å². The Balaban J connectivity index is 2.64. The molecule has 0 unspecified atom stereocenters. The molecule has 0 radical (unpaired) electrons. The van der Waals surface area contributed by atoms with E-state index in [1.165, 1.54) is 11.1 Å². The van der Waals surface area contributed by atoms with E-state index in [1.54, 1.807) is 0 Å². The molecule has 0 aliphatic heterocycles. The van der Waals surface area contributed by atoms with Crippen LogP contribution in [0.4, 0.5) is 5.69 Å². The summed E-state index contributed by atoms with van der Waals surface area (Å²) >= 11 is 0. The summed E-state index contributed by atoms with van der Waals surface area (Å²) in [5.74, 6) is 0.0488. The molecule has 0 aliphatic rings. The minimum Gasteiger partial charge on any atom is -0.374 e. The lowest BCUT2D eigenvalue weighted by Gasteiger charge is -2.17. The predicted octanol–water partition coefficient (Wildman–Crippen LogP) is 2.63. The lowest BCUT2D eigenvalue weighted by molar-refractivity contribution is -0.121. The minimum absolute atomic E-state index is 0.0488. The molecule has 17 heavy (non-hydrogen) atoms. The average Bonchev–Trinajstić information content (AvgIpc) is 2.31. The third-order valence-electron chi connectivity index (χ3n) is 2.92. The van der Waals surface area contributed by atoms with Crippen LogP contribution in [-0.4, -0.2) is 18.5 Å². The standard InChI is InChI=1S/C14H22N2O/c1-5-9-15-14(17)12(4)16-13-8-6-7-10(2)11(13)3/h6-8,12,16H,5,9H2,1-4H3,(H,15,17)/t12-/m0/s1. The molecule has 0 bridgehead atoms. The largest absolute Gasteiger partial charge is 0.374 e. The summed E-state index contributed by atoms with van der Waals surface area (Å²) in [6.45, 7) is 8.80. The second-order valence-corrected chi connectivity index (χ2v) is 4.40. The predicted molar refractivity (Wildman–Crippen MR) is 72.3 cm³/mol. The Hall–Kier alpha value is -1.51. The van der Waals surface area contributed by atoms with Gasteiger partial charge in [-0.1, -0.05) is 19.1 Å². The number of carbonyl (C=O) groups excluding carboxylic acids is 1. The molecule has 0 saturated carbocycles. The third kappa shape index (κ3) is 3.77. The topological polar surface area (TPSA) is 41.1 Å². The summed E-state index contributed by atoms with van der Waals surface area (Å²) in [7, 11) is 0. The van der Waals surface area contributed by atoms with Crippen molar-refractivity contribution in [2.45, 2.75) is 40.2 Å². The van der Waals surface area contributed by atoms with Gasteiger partial charge in [0, 0.05) is 12.2 Å². The van der Waals surface area contributed by atoms with Gasteiger partial charge in [0.25, 0.3) is 0 Å². The van der Waals surface area contributed by atoms with E-state index in [0.717, 1.165) is 18.7 Å². The first-order chi connectivity index (χ1) is 8.06. The molecule has 0 fully saturated rings. The van der Waals surface area contributed by atoms with Crippen LogP contribution < -0.4 is 10.6 Å². The molecule has 3 heteroatoms. The highest BCUT2D eigenvalue weighted by Gasteiger charge is 2.12. The highest BCUT2D eigenvalue weighted by molar-refractivity contribution is 5.84. The molecular weight excluding hydrogens is 212 g/mol. The summed E-state index contributed by atoms with van der Waals surface area (Å²) in [6, 6.07) is 5.87. The Morgan fingerprint density at radius 3 is 2.71 bits per heavy atom. The summed E-state index contributed by atoms with van der Waals surface area (Å²) in [4.78, 5) is 11.7. The fraction of sp³-hybridized carbons (Fsp3) is 0.500. The Labute approximate surface area is 104 Å². The Morgan fingerprint density at radius 2 is 2.06 bits per heavy atom. The molecule has 2 N–H and O–H groups in total. The van der Waals surface area contributed by atoms with Crippen LogP contribution >= 0.6 is 0 Å². The number of amides is 1. The van der Waals surface area contributed by atoms with Crippen LogP contribution in [0.15, 0.2) is 18.2 Å². The molecule has 3 nitrogen and oxygen atoms in total. The van der Waals surface area contributed by atoms with Crippen LogP contribution in [0.2, 0.25) is 0 Å². The lowest BCUT2D eigenvalue weighted by Crippen LogP contribution is -2.38. The third-order valence-corrected chi connectivity index (χ3v) is 2.92. The van der Waals surface area contributed by atoms with Crippen LogP contribution in [0.5, 0.6) is 0 Å². The zero-order valence-corrected chi connectivity index (χ0v) is 11.1. The van der Waals surface area contributed by atoms with Crippen molar-refractivity contribution in [3.63, 3.8) is 0 Å². The average molecular weight is 234 g/mol. The quantitative estimate of drug-likeness (QED) is 0.822. The molecule has 0 spiro atoms. The van der Waals surface area contributed by atoms with Crippen LogP contribution in [0.1, 0.15) is 31.4 Å². The molecule has 0 heterocycles. The van der Waals surface area contributed by atoms with Crippen molar-refractivity contribution >= 4 is 11.6 Å². The molecule has 0 aromatic heterocycles. The first kappa shape index (κ1) is 13.6. The first-order valence-corrected chi connectivity index (χ1v) is 6.16. The van der Waals surface area contributed by atoms with Gasteiger partial charge in [-0.2, -0.15) is 0 Å².